The van der Waals surface area contributed by atoms with Crippen LogP contribution in [0.3, 0.4) is 0 Å². The van der Waals surface area contributed by atoms with Gasteiger partial charge in [-0.3, -0.25) is 9.59 Å². The predicted octanol–water partition coefficient (Wildman–Crippen LogP) is 2.91. The van der Waals surface area contributed by atoms with Gasteiger partial charge in [-0.05, 0) is 23.6 Å². The summed E-state index contributed by atoms with van der Waals surface area (Å²) in [6.07, 6.45) is 0.433. The Bertz CT molecular complexity index is 715. The number of anilines is 1. The number of hydrogen-bond acceptors (Lipinski definition) is 4. The first kappa shape index (κ1) is 16.5. The standard InChI is InChI=1S/C18H20N2O3S/c1-19(13-14-5-4-12-24-14)17(21)8-9-18(22)20-10-11-23-16-7-3-2-6-15(16)20/h2-7,12H,8-11,13H2,1H3. The fraction of sp³-hybridized carbons (Fsp3) is 0.333. The summed E-state index contributed by atoms with van der Waals surface area (Å²) >= 11 is 1.63. The Morgan fingerprint density at radius 2 is 2.04 bits per heavy atom. The number of carbonyl (C=O) groups excluding carboxylic acids is 2. The molecule has 0 atom stereocenters. The van der Waals surface area contributed by atoms with Crippen LogP contribution in [0.15, 0.2) is 41.8 Å². The van der Waals surface area contributed by atoms with Gasteiger partial charge in [0, 0.05) is 24.8 Å². The predicted molar refractivity (Wildman–Crippen MR) is 94.3 cm³/mol. The zero-order chi connectivity index (χ0) is 16.9. The van der Waals surface area contributed by atoms with Crippen LogP contribution >= 0.6 is 11.3 Å². The number of carbonyl (C=O) groups is 2. The SMILES string of the molecule is CN(Cc1cccs1)C(=O)CCC(=O)N1CCOc2ccccc21. The second kappa shape index (κ2) is 7.49. The van der Waals surface area contributed by atoms with Gasteiger partial charge in [0.25, 0.3) is 0 Å². The molecule has 1 aliphatic rings. The summed E-state index contributed by atoms with van der Waals surface area (Å²) in [5.74, 6) is 0.667. The third-order valence-electron chi connectivity index (χ3n) is 3.98. The van der Waals surface area contributed by atoms with E-state index in [1.807, 2.05) is 41.8 Å². The number of thiophene rings is 1. The van der Waals surface area contributed by atoms with Gasteiger partial charge in [0.1, 0.15) is 12.4 Å². The second-order valence-corrected chi connectivity index (χ2v) is 6.72. The smallest absolute Gasteiger partial charge is 0.227 e. The highest BCUT2D eigenvalue weighted by atomic mass is 32.1. The molecule has 0 saturated heterocycles. The van der Waals surface area contributed by atoms with Crippen LogP contribution in [-0.4, -0.2) is 36.9 Å². The molecule has 1 aromatic carbocycles. The lowest BCUT2D eigenvalue weighted by Gasteiger charge is -2.29. The molecule has 0 N–H and O–H groups in total. The summed E-state index contributed by atoms with van der Waals surface area (Å²) in [5, 5.41) is 1.99. The van der Waals surface area contributed by atoms with Crippen molar-refractivity contribution in [1.82, 2.24) is 4.90 Å². The lowest BCUT2D eigenvalue weighted by molar-refractivity contribution is -0.132. The second-order valence-electron chi connectivity index (χ2n) is 5.69. The molecule has 2 aromatic rings. The Kier molecular flexibility index (Phi) is 5.15. The number of para-hydroxylation sites is 2. The summed E-state index contributed by atoms with van der Waals surface area (Å²) in [5.41, 5.74) is 0.785. The summed E-state index contributed by atoms with van der Waals surface area (Å²) in [6, 6.07) is 11.5. The number of amides is 2. The Morgan fingerprint density at radius 1 is 1.21 bits per heavy atom. The molecular formula is C18H20N2O3S. The summed E-state index contributed by atoms with van der Waals surface area (Å²) in [7, 11) is 1.77. The quantitative estimate of drug-likeness (QED) is 0.838. The molecule has 0 aliphatic carbocycles. The molecule has 5 nitrogen and oxygen atoms in total. The van der Waals surface area contributed by atoms with Crippen LogP contribution in [0.5, 0.6) is 5.75 Å². The number of benzene rings is 1. The first-order valence-electron chi connectivity index (χ1n) is 7.93. The molecule has 2 amide bonds. The first-order chi connectivity index (χ1) is 11.6. The highest BCUT2D eigenvalue weighted by Gasteiger charge is 2.24. The van der Waals surface area contributed by atoms with Crippen LogP contribution in [0.1, 0.15) is 17.7 Å². The van der Waals surface area contributed by atoms with E-state index in [9.17, 15) is 9.59 Å². The van der Waals surface area contributed by atoms with Gasteiger partial charge in [-0.25, -0.2) is 0 Å². The highest BCUT2D eigenvalue weighted by Crippen LogP contribution is 2.31. The molecule has 0 radical (unpaired) electrons. The average Bonchev–Trinajstić information content (AvgIpc) is 3.11. The molecule has 1 aliphatic heterocycles. The molecule has 126 valence electrons. The van der Waals surface area contributed by atoms with Crippen LogP contribution in [0.4, 0.5) is 5.69 Å². The lowest BCUT2D eigenvalue weighted by Crippen LogP contribution is -2.38. The Morgan fingerprint density at radius 3 is 2.83 bits per heavy atom. The monoisotopic (exact) mass is 344 g/mol. The Labute approximate surface area is 145 Å². The molecule has 3 rings (SSSR count). The minimum atomic E-state index is -0.0383. The molecule has 0 fully saturated rings. The largest absolute Gasteiger partial charge is 0.490 e. The third-order valence-corrected chi connectivity index (χ3v) is 4.84. The molecule has 0 unspecified atom stereocenters. The number of nitrogens with zero attached hydrogens (tertiary/aromatic N) is 2. The molecule has 2 heterocycles. The molecule has 0 spiro atoms. The van der Waals surface area contributed by atoms with E-state index in [4.69, 9.17) is 4.74 Å². The topological polar surface area (TPSA) is 49.9 Å². The minimum absolute atomic E-state index is 0.0155. The lowest BCUT2D eigenvalue weighted by atomic mass is 10.2. The van der Waals surface area contributed by atoms with Crippen molar-refractivity contribution in [2.45, 2.75) is 19.4 Å². The van der Waals surface area contributed by atoms with E-state index >= 15 is 0 Å². The minimum Gasteiger partial charge on any atom is -0.490 e. The highest BCUT2D eigenvalue weighted by molar-refractivity contribution is 7.09. The van der Waals surface area contributed by atoms with Crippen molar-refractivity contribution in [1.29, 1.82) is 0 Å². The number of rotatable bonds is 5. The van der Waals surface area contributed by atoms with Crippen molar-refractivity contribution in [3.8, 4) is 5.75 Å². The number of fused-ring (bicyclic) bond motifs is 1. The van der Waals surface area contributed by atoms with Crippen LogP contribution in [0.2, 0.25) is 0 Å². The van der Waals surface area contributed by atoms with Gasteiger partial charge < -0.3 is 14.5 Å². The van der Waals surface area contributed by atoms with Crippen molar-refractivity contribution in [2.24, 2.45) is 0 Å². The van der Waals surface area contributed by atoms with E-state index in [-0.39, 0.29) is 24.7 Å². The third kappa shape index (κ3) is 3.76. The summed E-state index contributed by atoms with van der Waals surface area (Å²) < 4.78 is 5.56. The van der Waals surface area contributed by atoms with Gasteiger partial charge in [-0.1, -0.05) is 18.2 Å². The molecule has 0 bridgehead atoms. The van der Waals surface area contributed by atoms with E-state index in [0.29, 0.717) is 19.7 Å². The van der Waals surface area contributed by atoms with Gasteiger partial charge in [0.15, 0.2) is 0 Å². The van der Waals surface area contributed by atoms with E-state index in [1.54, 1.807) is 28.2 Å². The van der Waals surface area contributed by atoms with Gasteiger partial charge in [0.2, 0.25) is 11.8 Å². The maximum absolute atomic E-state index is 12.5. The van der Waals surface area contributed by atoms with E-state index < -0.39 is 0 Å². The van der Waals surface area contributed by atoms with Crippen molar-refractivity contribution in [3.05, 3.63) is 46.7 Å². The zero-order valence-corrected chi connectivity index (χ0v) is 14.4. The van der Waals surface area contributed by atoms with E-state index in [2.05, 4.69) is 0 Å². The first-order valence-corrected chi connectivity index (χ1v) is 8.81. The van der Waals surface area contributed by atoms with Crippen molar-refractivity contribution < 1.29 is 14.3 Å². The number of ether oxygens (including phenoxy) is 1. The normalized spacial score (nSPS) is 13.1. The summed E-state index contributed by atoms with van der Waals surface area (Å²) in [6.45, 7) is 1.59. The molecule has 6 heteroatoms. The van der Waals surface area contributed by atoms with Crippen molar-refractivity contribution >= 4 is 28.8 Å². The Hall–Kier alpha value is -2.34. The van der Waals surface area contributed by atoms with Gasteiger partial charge in [-0.2, -0.15) is 0 Å². The molecule has 24 heavy (non-hydrogen) atoms. The number of hydrogen-bond donors (Lipinski definition) is 0. The molecule has 1 aromatic heterocycles. The van der Waals surface area contributed by atoms with Crippen LogP contribution in [0.25, 0.3) is 0 Å². The van der Waals surface area contributed by atoms with E-state index in [0.717, 1.165) is 16.3 Å². The van der Waals surface area contributed by atoms with Gasteiger partial charge in [0.05, 0.1) is 18.8 Å². The van der Waals surface area contributed by atoms with Crippen LogP contribution < -0.4 is 9.64 Å². The maximum Gasteiger partial charge on any atom is 0.227 e. The van der Waals surface area contributed by atoms with Crippen molar-refractivity contribution in [3.63, 3.8) is 0 Å². The summed E-state index contributed by atoms with van der Waals surface area (Å²) in [4.78, 5) is 29.3. The van der Waals surface area contributed by atoms with E-state index in [1.165, 1.54) is 0 Å². The van der Waals surface area contributed by atoms with Gasteiger partial charge in [-0.15, -0.1) is 11.3 Å². The maximum atomic E-state index is 12.5. The zero-order valence-electron chi connectivity index (χ0n) is 13.6. The fourth-order valence-corrected chi connectivity index (χ4v) is 3.45. The molecular weight excluding hydrogens is 324 g/mol. The Balaban J connectivity index is 1.55. The van der Waals surface area contributed by atoms with Crippen LogP contribution in [-0.2, 0) is 16.1 Å². The average molecular weight is 344 g/mol. The van der Waals surface area contributed by atoms with Gasteiger partial charge >= 0.3 is 0 Å². The molecule has 0 saturated carbocycles. The fourth-order valence-electron chi connectivity index (χ4n) is 2.69. The van der Waals surface area contributed by atoms with Crippen molar-refractivity contribution in [2.75, 3.05) is 25.1 Å². The van der Waals surface area contributed by atoms with Crippen LogP contribution in [0, 0.1) is 0 Å².